The third-order valence-corrected chi connectivity index (χ3v) is 9.02. The summed E-state index contributed by atoms with van der Waals surface area (Å²) in [4.78, 5) is 15.9. The standard InChI is InChI=1S/C24H32ClN3O3S/c1-16(2)28-12-9-20(10-13-28)24(17(3)8-11-26-23(24)29)27-32(30,31)22-7-5-18-14-21(25)6-4-19(18)15-22/h4-7,14-17,20,27H,8-13H2,1-3H3,(H,26,29)/t17-,24+/m1/s1. The van der Waals surface area contributed by atoms with Gasteiger partial charge in [0.2, 0.25) is 15.9 Å². The van der Waals surface area contributed by atoms with Gasteiger partial charge in [0.15, 0.2) is 0 Å². The molecule has 2 N–H and O–H groups in total. The van der Waals surface area contributed by atoms with Gasteiger partial charge in [0.1, 0.15) is 5.54 Å². The summed E-state index contributed by atoms with van der Waals surface area (Å²) in [5.74, 6) is -0.349. The normalized spacial score (nSPS) is 25.9. The van der Waals surface area contributed by atoms with Gasteiger partial charge in [-0.1, -0.05) is 30.7 Å². The van der Waals surface area contributed by atoms with E-state index >= 15 is 0 Å². The van der Waals surface area contributed by atoms with Crippen molar-refractivity contribution in [1.82, 2.24) is 14.9 Å². The van der Waals surface area contributed by atoms with E-state index < -0.39 is 15.6 Å². The molecule has 2 aliphatic rings. The summed E-state index contributed by atoms with van der Waals surface area (Å²) in [6, 6.07) is 10.8. The van der Waals surface area contributed by atoms with Crippen molar-refractivity contribution in [1.29, 1.82) is 0 Å². The van der Waals surface area contributed by atoms with E-state index in [0.717, 1.165) is 43.1 Å². The van der Waals surface area contributed by atoms with Gasteiger partial charge < -0.3 is 10.2 Å². The predicted molar refractivity (Wildman–Crippen MR) is 128 cm³/mol. The Labute approximate surface area is 195 Å². The Balaban J connectivity index is 1.69. The highest BCUT2D eigenvalue weighted by Crippen LogP contribution is 2.39. The zero-order chi connectivity index (χ0) is 23.1. The van der Waals surface area contributed by atoms with Crippen LogP contribution in [0.15, 0.2) is 41.3 Å². The first-order valence-electron chi connectivity index (χ1n) is 11.4. The minimum Gasteiger partial charge on any atom is -0.354 e. The maximum absolute atomic E-state index is 13.6. The van der Waals surface area contributed by atoms with Gasteiger partial charge in [0.25, 0.3) is 0 Å². The highest BCUT2D eigenvalue weighted by Gasteiger charge is 2.54. The first kappa shape index (κ1) is 23.5. The Morgan fingerprint density at radius 3 is 2.41 bits per heavy atom. The van der Waals surface area contributed by atoms with E-state index in [1.165, 1.54) is 0 Å². The molecule has 2 atom stereocenters. The number of hydrogen-bond acceptors (Lipinski definition) is 4. The Kier molecular flexibility index (Phi) is 6.56. The van der Waals surface area contributed by atoms with Crippen LogP contribution in [-0.4, -0.2) is 50.4 Å². The zero-order valence-electron chi connectivity index (χ0n) is 18.9. The van der Waals surface area contributed by atoms with Crippen LogP contribution in [0.1, 0.15) is 40.0 Å². The molecule has 0 radical (unpaired) electrons. The fraction of sp³-hybridized carbons (Fsp3) is 0.542. The van der Waals surface area contributed by atoms with Crippen LogP contribution in [0.2, 0.25) is 5.02 Å². The summed E-state index contributed by atoms with van der Waals surface area (Å²) in [6.45, 7) is 8.64. The van der Waals surface area contributed by atoms with E-state index in [1.807, 2.05) is 13.0 Å². The van der Waals surface area contributed by atoms with Gasteiger partial charge >= 0.3 is 0 Å². The Hall–Kier alpha value is -1.67. The van der Waals surface area contributed by atoms with Gasteiger partial charge in [0, 0.05) is 17.6 Å². The fourth-order valence-corrected chi connectivity index (χ4v) is 7.07. The number of benzene rings is 2. The number of nitrogens with zero attached hydrogens (tertiary/aromatic N) is 1. The molecular formula is C24H32ClN3O3S. The fourth-order valence-electron chi connectivity index (χ4n) is 5.33. The van der Waals surface area contributed by atoms with E-state index in [2.05, 4.69) is 28.8 Å². The summed E-state index contributed by atoms with van der Waals surface area (Å²) in [5, 5.41) is 5.21. The molecule has 4 rings (SSSR count). The molecule has 2 aromatic carbocycles. The van der Waals surface area contributed by atoms with Gasteiger partial charge in [-0.3, -0.25) is 4.79 Å². The second-order valence-electron chi connectivity index (χ2n) is 9.48. The number of rotatable bonds is 5. The lowest BCUT2D eigenvalue weighted by Gasteiger charge is -2.49. The highest BCUT2D eigenvalue weighted by atomic mass is 35.5. The maximum atomic E-state index is 13.6. The first-order valence-corrected chi connectivity index (χ1v) is 13.3. The summed E-state index contributed by atoms with van der Waals surface area (Å²) in [5.41, 5.74) is -1.14. The van der Waals surface area contributed by atoms with Crippen molar-refractivity contribution in [3.05, 3.63) is 41.4 Å². The first-order chi connectivity index (χ1) is 15.1. The minimum absolute atomic E-state index is 0.0539. The maximum Gasteiger partial charge on any atom is 0.241 e. The van der Waals surface area contributed by atoms with E-state index in [4.69, 9.17) is 11.6 Å². The molecule has 8 heteroatoms. The van der Waals surface area contributed by atoms with Crippen LogP contribution < -0.4 is 10.0 Å². The average Bonchev–Trinajstić information content (AvgIpc) is 2.76. The Bertz CT molecular complexity index is 1110. The molecule has 32 heavy (non-hydrogen) atoms. The van der Waals surface area contributed by atoms with Crippen molar-refractivity contribution in [2.24, 2.45) is 11.8 Å². The van der Waals surface area contributed by atoms with E-state index in [-0.39, 0.29) is 22.6 Å². The molecule has 2 aromatic rings. The molecule has 174 valence electrons. The van der Waals surface area contributed by atoms with Crippen molar-refractivity contribution in [3.8, 4) is 0 Å². The molecule has 2 heterocycles. The van der Waals surface area contributed by atoms with Crippen LogP contribution in [0.25, 0.3) is 10.8 Å². The monoisotopic (exact) mass is 477 g/mol. The molecule has 0 saturated carbocycles. The Morgan fingerprint density at radius 2 is 1.75 bits per heavy atom. The van der Waals surface area contributed by atoms with Crippen LogP contribution in [0.3, 0.4) is 0 Å². The summed E-state index contributed by atoms with van der Waals surface area (Å²) in [7, 11) is -3.92. The van der Waals surface area contributed by atoms with Gasteiger partial charge in [-0.25, -0.2) is 8.42 Å². The average molecular weight is 478 g/mol. The molecule has 1 amide bonds. The molecule has 6 nitrogen and oxygen atoms in total. The lowest BCUT2D eigenvalue weighted by atomic mass is 9.68. The van der Waals surface area contributed by atoms with E-state index in [1.54, 1.807) is 30.3 Å². The highest BCUT2D eigenvalue weighted by molar-refractivity contribution is 7.89. The van der Waals surface area contributed by atoms with Crippen LogP contribution in [0, 0.1) is 11.8 Å². The molecule has 2 saturated heterocycles. The van der Waals surface area contributed by atoms with Gasteiger partial charge in [-0.2, -0.15) is 4.72 Å². The minimum atomic E-state index is -3.92. The number of carbonyl (C=O) groups is 1. The van der Waals surface area contributed by atoms with Crippen LogP contribution in [0.5, 0.6) is 0 Å². The second kappa shape index (κ2) is 8.93. The lowest BCUT2D eigenvalue weighted by molar-refractivity contribution is -0.135. The second-order valence-corrected chi connectivity index (χ2v) is 11.6. The van der Waals surface area contributed by atoms with Crippen LogP contribution in [-0.2, 0) is 14.8 Å². The molecule has 0 aliphatic carbocycles. The van der Waals surface area contributed by atoms with Crippen molar-refractivity contribution in [2.45, 2.75) is 56.5 Å². The number of hydrogen-bond donors (Lipinski definition) is 2. The van der Waals surface area contributed by atoms with Gasteiger partial charge in [-0.05, 0) is 93.1 Å². The number of piperidine rings is 2. The number of likely N-dealkylation sites (tertiary alicyclic amines) is 1. The number of carbonyl (C=O) groups excluding carboxylic acids is 1. The quantitative estimate of drug-likeness (QED) is 0.686. The summed E-state index contributed by atoms with van der Waals surface area (Å²) >= 11 is 6.06. The van der Waals surface area contributed by atoms with E-state index in [9.17, 15) is 13.2 Å². The Morgan fingerprint density at radius 1 is 1.09 bits per heavy atom. The van der Waals surface area contributed by atoms with Gasteiger partial charge in [-0.15, -0.1) is 0 Å². The van der Waals surface area contributed by atoms with Crippen LogP contribution >= 0.6 is 11.6 Å². The summed E-state index contributed by atoms with van der Waals surface area (Å²) < 4.78 is 30.1. The van der Waals surface area contributed by atoms with Crippen LogP contribution in [0.4, 0.5) is 0 Å². The molecule has 0 unspecified atom stereocenters. The molecular weight excluding hydrogens is 446 g/mol. The van der Waals surface area contributed by atoms with Gasteiger partial charge in [0.05, 0.1) is 4.90 Å². The topological polar surface area (TPSA) is 78.5 Å². The number of nitrogens with one attached hydrogen (secondary N) is 2. The zero-order valence-corrected chi connectivity index (χ0v) is 20.5. The smallest absolute Gasteiger partial charge is 0.241 e. The predicted octanol–water partition coefficient (Wildman–Crippen LogP) is 3.79. The van der Waals surface area contributed by atoms with Crippen molar-refractivity contribution in [3.63, 3.8) is 0 Å². The largest absolute Gasteiger partial charge is 0.354 e. The molecule has 2 fully saturated rings. The van der Waals surface area contributed by atoms with E-state index in [0.29, 0.717) is 17.6 Å². The van der Waals surface area contributed by atoms with Crippen molar-refractivity contribution >= 4 is 38.3 Å². The number of halogens is 1. The number of fused-ring (bicyclic) bond motifs is 1. The third kappa shape index (κ3) is 4.28. The lowest BCUT2D eigenvalue weighted by Crippen LogP contribution is -2.70. The molecule has 2 aliphatic heterocycles. The molecule has 0 spiro atoms. The third-order valence-electron chi connectivity index (χ3n) is 7.31. The summed E-state index contributed by atoms with van der Waals surface area (Å²) in [6.07, 6.45) is 2.32. The SMILES string of the molecule is CC(C)N1CCC([C@]2(NS(=O)(=O)c3ccc4cc(Cl)ccc4c3)C(=O)NCC[C@H]2C)CC1. The number of amides is 1. The molecule has 0 aromatic heterocycles. The number of sulfonamides is 1. The van der Waals surface area contributed by atoms with Crippen molar-refractivity contribution in [2.75, 3.05) is 19.6 Å². The van der Waals surface area contributed by atoms with Crippen molar-refractivity contribution < 1.29 is 13.2 Å². The molecule has 0 bridgehead atoms.